The molecule has 0 amide bonds. The molecule has 2 aliphatic rings. The highest BCUT2D eigenvalue weighted by molar-refractivity contribution is 9.10. The molecule has 0 saturated carbocycles. The van der Waals surface area contributed by atoms with E-state index in [1.165, 1.54) is 42.2 Å². The number of rotatable bonds is 2. The Balaban J connectivity index is 1.46. The number of thiazole rings is 1. The van der Waals surface area contributed by atoms with Gasteiger partial charge < -0.3 is 4.90 Å². The maximum absolute atomic E-state index is 4.76. The number of anilines is 1. The quantitative estimate of drug-likeness (QED) is 0.821. The van der Waals surface area contributed by atoms with Gasteiger partial charge in [-0.25, -0.2) is 4.98 Å². The van der Waals surface area contributed by atoms with Crippen LogP contribution >= 0.6 is 27.3 Å². The number of aromatic nitrogens is 1. The molecule has 2 aliphatic heterocycles. The van der Waals surface area contributed by atoms with E-state index in [9.17, 15) is 0 Å². The first-order chi connectivity index (χ1) is 9.79. The highest BCUT2D eigenvalue weighted by Gasteiger charge is 2.33. The molecule has 0 radical (unpaired) electrons. The molecule has 0 aliphatic carbocycles. The standard InChI is InChI=1S/C15H18BrN3S/c16-11-4-5-13-14(8-11)20-15(17-13)19-9-12(10-19)18-6-2-1-3-7-18/h4-5,8,12H,1-3,6-7,9-10H2. The maximum Gasteiger partial charge on any atom is 0.186 e. The van der Waals surface area contributed by atoms with Gasteiger partial charge in [-0.3, -0.25) is 4.90 Å². The molecule has 20 heavy (non-hydrogen) atoms. The number of hydrogen-bond donors (Lipinski definition) is 0. The Kier molecular flexibility index (Phi) is 3.44. The van der Waals surface area contributed by atoms with Crippen LogP contribution in [0.2, 0.25) is 0 Å². The molecule has 0 spiro atoms. The zero-order chi connectivity index (χ0) is 13.5. The molecule has 2 fully saturated rings. The van der Waals surface area contributed by atoms with Crippen LogP contribution in [0.1, 0.15) is 19.3 Å². The highest BCUT2D eigenvalue weighted by atomic mass is 79.9. The van der Waals surface area contributed by atoms with Gasteiger partial charge in [0.2, 0.25) is 0 Å². The van der Waals surface area contributed by atoms with Crippen molar-refractivity contribution in [1.29, 1.82) is 0 Å². The van der Waals surface area contributed by atoms with E-state index in [1.54, 1.807) is 0 Å². The fourth-order valence-electron chi connectivity index (χ4n) is 3.15. The molecule has 0 atom stereocenters. The molecule has 3 heterocycles. The Bertz CT molecular complexity index is 615. The molecule has 0 bridgehead atoms. The van der Waals surface area contributed by atoms with Crippen LogP contribution < -0.4 is 4.90 Å². The smallest absolute Gasteiger partial charge is 0.186 e. The molecular formula is C15H18BrN3S. The lowest BCUT2D eigenvalue weighted by Crippen LogP contribution is -2.60. The topological polar surface area (TPSA) is 19.4 Å². The van der Waals surface area contributed by atoms with Gasteiger partial charge in [-0.2, -0.15) is 0 Å². The molecule has 1 aromatic heterocycles. The second-order valence-corrected chi connectivity index (χ2v) is 7.69. The third-order valence-electron chi connectivity index (χ3n) is 4.38. The summed E-state index contributed by atoms with van der Waals surface area (Å²) in [5.41, 5.74) is 1.12. The SMILES string of the molecule is Brc1ccc2nc(N3CC(N4CCCCC4)C3)sc2c1. The summed E-state index contributed by atoms with van der Waals surface area (Å²) in [6.45, 7) is 4.90. The van der Waals surface area contributed by atoms with Gasteiger partial charge in [0.05, 0.1) is 10.2 Å². The zero-order valence-electron chi connectivity index (χ0n) is 11.4. The Hall–Kier alpha value is -0.650. The molecule has 1 aromatic carbocycles. The van der Waals surface area contributed by atoms with Crippen LogP contribution in [0.25, 0.3) is 10.2 Å². The minimum absolute atomic E-state index is 0.758. The molecule has 3 nitrogen and oxygen atoms in total. The number of fused-ring (bicyclic) bond motifs is 1. The van der Waals surface area contributed by atoms with E-state index in [4.69, 9.17) is 4.98 Å². The van der Waals surface area contributed by atoms with E-state index in [0.717, 1.165) is 29.1 Å². The Morgan fingerprint density at radius 2 is 1.95 bits per heavy atom. The number of piperidine rings is 1. The lowest BCUT2D eigenvalue weighted by atomic mass is 10.0. The van der Waals surface area contributed by atoms with Crippen molar-refractivity contribution in [3.63, 3.8) is 0 Å². The summed E-state index contributed by atoms with van der Waals surface area (Å²) in [5, 5.41) is 1.19. The summed E-state index contributed by atoms with van der Waals surface area (Å²) in [7, 11) is 0. The third-order valence-corrected chi connectivity index (χ3v) is 5.95. The summed E-state index contributed by atoms with van der Waals surface area (Å²) < 4.78 is 2.41. The number of hydrogen-bond acceptors (Lipinski definition) is 4. The molecular weight excluding hydrogens is 334 g/mol. The maximum atomic E-state index is 4.76. The minimum atomic E-state index is 0.758. The molecule has 4 rings (SSSR count). The van der Waals surface area contributed by atoms with Gasteiger partial charge in [-0.1, -0.05) is 33.7 Å². The average molecular weight is 352 g/mol. The minimum Gasteiger partial charge on any atom is -0.345 e. The van der Waals surface area contributed by atoms with Crippen molar-refractivity contribution in [3.05, 3.63) is 22.7 Å². The van der Waals surface area contributed by atoms with Crippen LogP contribution in [0.4, 0.5) is 5.13 Å². The number of halogens is 1. The van der Waals surface area contributed by atoms with Gasteiger partial charge in [0.1, 0.15) is 0 Å². The molecule has 106 valence electrons. The first kappa shape index (κ1) is 13.0. The second kappa shape index (κ2) is 5.28. The summed E-state index contributed by atoms with van der Waals surface area (Å²) in [4.78, 5) is 9.86. The van der Waals surface area contributed by atoms with Gasteiger partial charge in [-0.15, -0.1) is 0 Å². The lowest BCUT2D eigenvalue weighted by molar-refractivity contribution is 0.139. The normalized spacial score (nSPS) is 21.4. The van der Waals surface area contributed by atoms with E-state index in [1.807, 2.05) is 11.3 Å². The van der Waals surface area contributed by atoms with E-state index in [0.29, 0.717) is 0 Å². The zero-order valence-corrected chi connectivity index (χ0v) is 13.8. The van der Waals surface area contributed by atoms with Crippen LogP contribution in [-0.2, 0) is 0 Å². The fraction of sp³-hybridized carbons (Fsp3) is 0.533. The van der Waals surface area contributed by atoms with Crippen molar-refractivity contribution in [1.82, 2.24) is 9.88 Å². The number of nitrogens with zero attached hydrogens (tertiary/aromatic N) is 3. The molecule has 0 unspecified atom stereocenters. The monoisotopic (exact) mass is 351 g/mol. The second-order valence-electron chi connectivity index (χ2n) is 5.76. The number of likely N-dealkylation sites (tertiary alicyclic amines) is 1. The largest absolute Gasteiger partial charge is 0.345 e. The first-order valence-electron chi connectivity index (χ1n) is 7.35. The predicted octanol–water partition coefficient (Wildman–Crippen LogP) is 3.73. The van der Waals surface area contributed by atoms with Crippen molar-refractivity contribution in [3.8, 4) is 0 Å². The predicted molar refractivity (Wildman–Crippen MR) is 88.7 cm³/mol. The van der Waals surface area contributed by atoms with Crippen molar-refractivity contribution >= 4 is 42.6 Å². The van der Waals surface area contributed by atoms with Gasteiger partial charge >= 0.3 is 0 Å². The number of benzene rings is 1. The van der Waals surface area contributed by atoms with Gasteiger partial charge in [0.25, 0.3) is 0 Å². The summed E-state index contributed by atoms with van der Waals surface area (Å²) in [6.07, 6.45) is 4.18. The Morgan fingerprint density at radius 3 is 2.75 bits per heavy atom. The van der Waals surface area contributed by atoms with Crippen LogP contribution in [0.15, 0.2) is 22.7 Å². The van der Waals surface area contributed by atoms with E-state index in [2.05, 4.69) is 43.9 Å². The summed E-state index contributed by atoms with van der Waals surface area (Å²) >= 11 is 5.34. The first-order valence-corrected chi connectivity index (χ1v) is 8.96. The Morgan fingerprint density at radius 1 is 1.15 bits per heavy atom. The summed E-state index contributed by atoms with van der Waals surface area (Å²) in [6, 6.07) is 7.09. The Labute approximate surface area is 131 Å². The van der Waals surface area contributed by atoms with E-state index < -0.39 is 0 Å². The molecule has 2 saturated heterocycles. The van der Waals surface area contributed by atoms with Crippen molar-refractivity contribution in [2.45, 2.75) is 25.3 Å². The van der Waals surface area contributed by atoms with Gasteiger partial charge in [0, 0.05) is 23.6 Å². The van der Waals surface area contributed by atoms with E-state index >= 15 is 0 Å². The van der Waals surface area contributed by atoms with Crippen LogP contribution in [0, 0.1) is 0 Å². The fourth-order valence-corrected chi connectivity index (χ4v) is 4.68. The summed E-state index contributed by atoms with van der Waals surface area (Å²) in [5.74, 6) is 0. The third kappa shape index (κ3) is 2.36. The van der Waals surface area contributed by atoms with Crippen LogP contribution in [0.3, 0.4) is 0 Å². The molecule has 0 N–H and O–H groups in total. The van der Waals surface area contributed by atoms with Crippen LogP contribution in [-0.4, -0.2) is 42.1 Å². The van der Waals surface area contributed by atoms with Crippen molar-refractivity contribution < 1.29 is 0 Å². The average Bonchev–Trinajstić information content (AvgIpc) is 2.80. The lowest BCUT2D eigenvalue weighted by Gasteiger charge is -2.46. The molecule has 5 heteroatoms. The van der Waals surface area contributed by atoms with Crippen molar-refractivity contribution in [2.75, 3.05) is 31.1 Å². The van der Waals surface area contributed by atoms with E-state index in [-0.39, 0.29) is 0 Å². The van der Waals surface area contributed by atoms with Gasteiger partial charge in [0.15, 0.2) is 5.13 Å². The van der Waals surface area contributed by atoms with Gasteiger partial charge in [-0.05, 0) is 44.1 Å². The highest BCUT2D eigenvalue weighted by Crippen LogP contribution is 2.34. The van der Waals surface area contributed by atoms with Crippen molar-refractivity contribution in [2.24, 2.45) is 0 Å². The van der Waals surface area contributed by atoms with Crippen LogP contribution in [0.5, 0.6) is 0 Å². The molecule has 2 aromatic rings.